The normalized spacial score (nSPS) is 20.4. The molecule has 0 unspecified atom stereocenters. The Kier molecular flexibility index (Phi) is 4.02. The number of urea groups is 1. The van der Waals surface area contributed by atoms with Crippen molar-refractivity contribution in [1.82, 2.24) is 5.06 Å². The van der Waals surface area contributed by atoms with Crippen molar-refractivity contribution in [3.8, 4) is 0 Å². The highest BCUT2D eigenvalue weighted by atomic mass is 16.5. The molecule has 1 aliphatic carbocycles. The van der Waals surface area contributed by atoms with Crippen molar-refractivity contribution in [2.45, 2.75) is 51.0 Å². The van der Waals surface area contributed by atoms with Crippen molar-refractivity contribution in [2.75, 3.05) is 0 Å². The number of hydroxylamine groups is 2. The van der Waals surface area contributed by atoms with Crippen molar-refractivity contribution < 1.29 is 10.0 Å². The van der Waals surface area contributed by atoms with Gasteiger partial charge < -0.3 is 5.73 Å². The fourth-order valence-electron chi connectivity index (χ4n) is 1.86. The van der Waals surface area contributed by atoms with Crippen LogP contribution >= 0.6 is 0 Å². The second-order valence-electron chi connectivity index (χ2n) is 3.68. The fourth-order valence-corrected chi connectivity index (χ4v) is 1.86. The average Bonchev–Trinajstić information content (AvgIpc) is 2.02. The minimum absolute atomic E-state index is 0.0576. The Labute approximate surface area is 78.7 Å². The molecule has 0 bridgehead atoms. The molecular formula is C9H18N2O2. The SMILES string of the molecule is NC(=O)N(O)C1CCCCCCC1. The molecule has 1 rings (SSSR count). The van der Waals surface area contributed by atoms with Gasteiger partial charge in [-0.1, -0.05) is 32.1 Å². The largest absolute Gasteiger partial charge is 0.350 e. The Hall–Kier alpha value is -0.770. The number of carbonyl (C=O) groups excluding carboxylic acids is 1. The van der Waals surface area contributed by atoms with Gasteiger partial charge in [0.15, 0.2) is 0 Å². The third-order valence-corrected chi connectivity index (χ3v) is 2.65. The van der Waals surface area contributed by atoms with Crippen LogP contribution < -0.4 is 5.73 Å². The van der Waals surface area contributed by atoms with E-state index in [0.717, 1.165) is 25.7 Å². The molecule has 0 aromatic carbocycles. The molecular weight excluding hydrogens is 168 g/mol. The topological polar surface area (TPSA) is 66.6 Å². The van der Waals surface area contributed by atoms with Gasteiger partial charge in [-0.05, 0) is 12.8 Å². The molecule has 0 heterocycles. The summed E-state index contributed by atoms with van der Waals surface area (Å²) in [5.74, 6) is 0. The number of hydrogen-bond donors (Lipinski definition) is 2. The fraction of sp³-hybridized carbons (Fsp3) is 0.889. The van der Waals surface area contributed by atoms with Crippen LogP contribution in [0.25, 0.3) is 0 Å². The lowest BCUT2D eigenvalue weighted by atomic mass is 9.97. The van der Waals surface area contributed by atoms with Crippen molar-refractivity contribution in [3.05, 3.63) is 0 Å². The van der Waals surface area contributed by atoms with Crippen LogP contribution in [0.1, 0.15) is 44.9 Å². The maximum Gasteiger partial charge on any atom is 0.338 e. The van der Waals surface area contributed by atoms with E-state index in [-0.39, 0.29) is 6.04 Å². The van der Waals surface area contributed by atoms with Crippen molar-refractivity contribution in [2.24, 2.45) is 5.73 Å². The van der Waals surface area contributed by atoms with E-state index in [1.165, 1.54) is 19.3 Å². The maximum absolute atomic E-state index is 10.7. The molecule has 0 atom stereocenters. The van der Waals surface area contributed by atoms with Crippen LogP contribution in [0.4, 0.5) is 4.79 Å². The summed E-state index contributed by atoms with van der Waals surface area (Å²) >= 11 is 0. The van der Waals surface area contributed by atoms with Gasteiger partial charge in [0.1, 0.15) is 0 Å². The van der Waals surface area contributed by atoms with E-state index in [9.17, 15) is 10.0 Å². The summed E-state index contributed by atoms with van der Waals surface area (Å²) in [5, 5.41) is 10.0. The van der Waals surface area contributed by atoms with Crippen LogP contribution in [-0.4, -0.2) is 22.3 Å². The molecule has 4 heteroatoms. The highest BCUT2D eigenvalue weighted by molar-refractivity contribution is 5.70. The number of nitrogens with zero attached hydrogens (tertiary/aromatic N) is 1. The molecule has 1 aliphatic rings. The number of primary amides is 1. The Balaban J connectivity index is 2.40. The predicted molar refractivity (Wildman–Crippen MR) is 49.3 cm³/mol. The van der Waals surface area contributed by atoms with Crippen LogP contribution in [0.3, 0.4) is 0 Å². The van der Waals surface area contributed by atoms with Gasteiger partial charge in [0, 0.05) is 0 Å². The van der Waals surface area contributed by atoms with E-state index < -0.39 is 6.03 Å². The molecule has 0 radical (unpaired) electrons. The van der Waals surface area contributed by atoms with Crippen LogP contribution in [-0.2, 0) is 0 Å². The molecule has 0 aromatic rings. The first-order valence-electron chi connectivity index (χ1n) is 4.99. The molecule has 4 nitrogen and oxygen atoms in total. The lowest BCUT2D eigenvalue weighted by Crippen LogP contribution is -2.41. The summed E-state index contributed by atoms with van der Waals surface area (Å²) in [6, 6.07) is -0.789. The van der Waals surface area contributed by atoms with Crippen molar-refractivity contribution in [3.63, 3.8) is 0 Å². The standard InChI is InChI=1S/C9H18N2O2/c10-9(12)11(13)8-6-4-2-1-3-5-7-8/h8,13H,1-7H2,(H2,10,12). The molecule has 0 aliphatic heterocycles. The molecule has 1 fully saturated rings. The van der Waals surface area contributed by atoms with Crippen LogP contribution in [0.5, 0.6) is 0 Å². The van der Waals surface area contributed by atoms with Gasteiger partial charge in [-0.3, -0.25) is 5.21 Å². The lowest BCUT2D eigenvalue weighted by molar-refractivity contribution is -0.0810. The first-order valence-corrected chi connectivity index (χ1v) is 4.99. The zero-order chi connectivity index (χ0) is 9.68. The zero-order valence-corrected chi connectivity index (χ0v) is 7.91. The Morgan fingerprint density at radius 1 is 1.15 bits per heavy atom. The molecule has 2 amide bonds. The number of carbonyl (C=O) groups is 1. The van der Waals surface area contributed by atoms with Crippen LogP contribution in [0.2, 0.25) is 0 Å². The average molecular weight is 186 g/mol. The van der Waals surface area contributed by atoms with Gasteiger partial charge in [0.25, 0.3) is 0 Å². The van der Waals surface area contributed by atoms with Gasteiger partial charge in [0.05, 0.1) is 6.04 Å². The Morgan fingerprint density at radius 2 is 1.62 bits per heavy atom. The summed E-state index contributed by atoms with van der Waals surface area (Å²) < 4.78 is 0. The highest BCUT2D eigenvalue weighted by Gasteiger charge is 2.20. The number of hydrogen-bond acceptors (Lipinski definition) is 2. The van der Waals surface area contributed by atoms with E-state index in [2.05, 4.69) is 0 Å². The molecule has 3 N–H and O–H groups in total. The molecule has 1 saturated carbocycles. The van der Waals surface area contributed by atoms with Gasteiger partial charge in [-0.15, -0.1) is 0 Å². The maximum atomic E-state index is 10.7. The van der Waals surface area contributed by atoms with Crippen molar-refractivity contribution >= 4 is 6.03 Å². The quantitative estimate of drug-likeness (QED) is 0.485. The second kappa shape index (κ2) is 5.07. The first kappa shape index (κ1) is 10.3. The zero-order valence-electron chi connectivity index (χ0n) is 7.91. The van der Waals surface area contributed by atoms with E-state index in [1.54, 1.807) is 0 Å². The lowest BCUT2D eigenvalue weighted by Gasteiger charge is -2.25. The second-order valence-corrected chi connectivity index (χ2v) is 3.68. The van der Waals surface area contributed by atoms with E-state index in [4.69, 9.17) is 5.73 Å². The molecule has 0 aromatic heterocycles. The predicted octanol–water partition coefficient (Wildman–Crippen LogP) is 1.87. The molecule has 76 valence electrons. The van der Waals surface area contributed by atoms with Gasteiger partial charge >= 0.3 is 6.03 Å². The highest BCUT2D eigenvalue weighted by Crippen LogP contribution is 2.20. The molecule has 0 saturated heterocycles. The minimum Gasteiger partial charge on any atom is -0.350 e. The van der Waals surface area contributed by atoms with Crippen LogP contribution in [0, 0.1) is 0 Å². The van der Waals surface area contributed by atoms with Gasteiger partial charge in [-0.25, -0.2) is 9.86 Å². The molecule has 13 heavy (non-hydrogen) atoms. The monoisotopic (exact) mass is 186 g/mol. The van der Waals surface area contributed by atoms with E-state index in [0.29, 0.717) is 5.06 Å². The third-order valence-electron chi connectivity index (χ3n) is 2.65. The van der Waals surface area contributed by atoms with Crippen LogP contribution in [0.15, 0.2) is 0 Å². The Morgan fingerprint density at radius 3 is 2.08 bits per heavy atom. The van der Waals surface area contributed by atoms with E-state index >= 15 is 0 Å². The number of rotatable bonds is 1. The minimum atomic E-state index is -0.731. The van der Waals surface area contributed by atoms with E-state index in [1.807, 2.05) is 0 Å². The smallest absolute Gasteiger partial charge is 0.338 e. The summed E-state index contributed by atoms with van der Waals surface area (Å²) in [6.45, 7) is 0. The molecule has 0 spiro atoms. The number of amides is 2. The third kappa shape index (κ3) is 3.22. The van der Waals surface area contributed by atoms with Gasteiger partial charge in [-0.2, -0.15) is 0 Å². The Bertz CT molecular complexity index is 165. The van der Waals surface area contributed by atoms with Gasteiger partial charge in [0.2, 0.25) is 0 Å². The van der Waals surface area contributed by atoms with Crippen molar-refractivity contribution in [1.29, 1.82) is 0 Å². The summed E-state index contributed by atoms with van der Waals surface area (Å²) in [7, 11) is 0. The number of nitrogens with two attached hydrogens (primary N) is 1. The first-order chi connectivity index (χ1) is 6.22. The summed E-state index contributed by atoms with van der Waals surface area (Å²) in [4.78, 5) is 10.7. The summed E-state index contributed by atoms with van der Waals surface area (Å²) in [6.07, 6.45) is 7.57. The summed E-state index contributed by atoms with van der Waals surface area (Å²) in [5.41, 5.74) is 4.99.